The van der Waals surface area contributed by atoms with Gasteiger partial charge in [-0.1, -0.05) is 0 Å². The Labute approximate surface area is 171 Å². The number of carboxylic acid groups (broad SMARTS) is 1. The van der Waals surface area contributed by atoms with Gasteiger partial charge < -0.3 is 20.6 Å². The van der Waals surface area contributed by atoms with Crippen molar-refractivity contribution in [2.45, 2.75) is 44.1 Å². The Balaban J connectivity index is 1.86. The van der Waals surface area contributed by atoms with Gasteiger partial charge in [-0.05, 0) is 60.6 Å². The van der Waals surface area contributed by atoms with Gasteiger partial charge in [0, 0.05) is 28.2 Å². The molecule has 1 saturated carbocycles. The standard InChI is InChI=1S/C22H22N2O4S/c1-28-21-17(14-9-29-16-4-2-3-15(23)18(14)16)11(10-5-6-10)7-12-19(21)24-8-13(20(12)25)22(26)27/h7-10,15H,2-6,23H2,1H3,(H,24,25)(H,26,27). The lowest BCUT2D eigenvalue weighted by Gasteiger charge is -2.23. The second-order valence-corrected chi connectivity index (χ2v) is 8.86. The van der Waals surface area contributed by atoms with E-state index in [1.54, 1.807) is 18.4 Å². The van der Waals surface area contributed by atoms with Crippen molar-refractivity contribution in [1.29, 1.82) is 0 Å². The quantitative estimate of drug-likeness (QED) is 0.598. The largest absolute Gasteiger partial charge is 0.494 e. The van der Waals surface area contributed by atoms with Crippen molar-refractivity contribution in [2.24, 2.45) is 5.73 Å². The topological polar surface area (TPSA) is 105 Å². The van der Waals surface area contributed by atoms with Gasteiger partial charge in [0.1, 0.15) is 5.56 Å². The molecule has 1 fully saturated rings. The van der Waals surface area contributed by atoms with Gasteiger partial charge in [0.15, 0.2) is 5.75 Å². The van der Waals surface area contributed by atoms with E-state index < -0.39 is 11.4 Å². The van der Waals surface area contributed by atoms with Crippen molar-refractivity contribution in [3.05, 3.63) is 49.4 Å². The van der Waals surface area contributed by atoms with Gasteiger partial charge in [-0.3, -0.25) is 4.79 Å². The number of aromatic nitrogens is 1. The Morgan fingerprint density at radius 2 is 2.14 bits per heavy atom. The Hall–Kier alpha value is -2.64. The molecule has 0 amide bonds. The van der Waals surface area contributed by atoms with Crippen molar-refractivity contribution < 1.29 is 14.6 Å². The number of aromatic amines is 1. The van der Waals surface area contributed by atoms with E-state index in [0.29, 0.717) is 22.6 Å². The van der Waals surface area contributed by atoms with Gasteiger partial charge in [0.2, 0.25) is 5.43 Å². The van der Waals surface area contributed by atoms with Crippen LogP contribution in [0.3, 0.4) is 0 Å². The molecule has 0 saturated heterocycles. The second-order valence-electron chi connectivity index (χ2n) is 7.89. The first kappa shape index (κ1) is 18.4. The van der Waals surface area contributed by atoms with Crippen LogP contribution in [-0.2, 0) is 6.42 Å². The molecule has 6 nitrogen and oxygen atoms in total. The maximum Gasteiger partial charge on any atom is 0.341 e. The average molecular weight is 410 g/mol. The van der Waals surface area contributed by atoms with Crippen LogP contribution in [-0.4, -0.2) is 23.2 Å². The summed E-state index contributed by atoms with van der Waals surface area (Å²) >= 11 is 1.74. The molecular formula is C22H22N2O4S. The van der Waals surface area contributed by atoms with Crippen LogP contribution >= 0.6 is 11.3 Å². The summed E-state index contributed by atoms with van der Waals surface area (Å²) < 4.78 is 5.83. The zero-order valence-corrected chi connectivity index (χ0v) is 16.9. The van der Waals surface area contributed by atoms with Crippen LogP contribution in [0.15, 0.2) is 22.4 Å². The zero-order chi connectivity index (χ0) is 20.3. The third kappa shape index (κ3) is 2.80. The normalized spacial score (nSPS) is 18.6. The third-order valence-electron chi connectivity index (χ3n) is 6.08. The average Bonchev–Trinajstić information content (AvgIpc) is 3.46. The molecule has 29 heavy (non-hydrogen) atoms. The first-order valence-electron chi connectivity index (χ1n) is 9.87. The summed E-state index contributed by atoms with van der Waals surface area (Å²) in [5, 5.41) is 11.9. The molecule has 2 aromatic heterocycles. The molecule has 5 rings (SSSR count). The number of pyridine rings is 1. The number of H-pyrrole nitrogens is 1. The highest BCUT2D eigenvalue weighted by Crippen LogP contribution is 2.52. The lowest BCUT2D eigenvalue weighted by Crippen LogP contribution is -2.17. The molecule has 0 spiro atoms. The fraction of sp³-hybridized carbons (Fsp3) is 0.364. The summed E-state index contributed by atoms with van der Waals surface area (Å²) in [5.41, 5.74) is 10.6. The predicted octanol–water partition coefficient (Wildman–Crippen LogP) is 4.18. The van der Waals surface area contributed by atoms with Crippen LogP contribution in [0.2, 0.25) is 0 Å². The summed E-state index contributed by atoms with van der Waals surface area (Å²) in [5.74, 6) is -0.287. The van der Waals surface area contributed by atoms with E-state index in [-0.39, 0.29) is 11.6 Å². The summed E-state index contributed by atoms with van der Waals surface area (Å²) in [6.07, 6.45) is 6.47. The van der Waals surface area contributed by atoms with Crippen LogP contribution in [0, 0.1) is 0 Å². The van der Waals surface area contributed by atoms with Crippen LogP contribution in [0.1, 0.15) is 64.0 Å². The highest BCUT2D eigenvalue weighted by molar-refractivity contribution is 7.10. The number of nitrogens with one attached hydrogen (secondary N) is 1. The number of fused-ring (bicyclic) bond motifs is 2. The van der Waals surface area contributed by atoms with E-state index in [2.05, 4.69) is 10.4 Å². The van der Waals surface area contributed by atoms with Crippen LogP contribution < -0.4 is 15.9 Å². The van der Waals surface area contributed by atoms with E-state index in [1.165, 1.54) is 16.6 Å². The number of nitrogens with two attached hydrogens (primary N) is 1. The zero-order valence-electron chi connectivity index (χ0n) is 16.1. The van der Waals surface area contributed by atoms with E-state index in [1.807, 2.05) is 6.07 Å². The van der Waals surface area contributed by atoms with Crippen molar-refractivity contribution in [2.75, 3.05) is 7.11 Å². The van der Waals surface area contributed by atoms with Crippen LogP contribution in [0.25, 0.3) is 22.0 Å². The number of carbonyl (C=O) groups is 1. The molecule has 2 heterocycles. The van der Waals surface area contributed by atoms with Gasteiger partial charge >= 0.3 is 5.97 Å². The molecule has 4 N–H and O–H groups in total. The third-order valence-corrected chi connectivity index (χ3v) is 7.14. The number of hydrogen-bond donors (Lipinski definition) is 3. The van der Waals surface area contributed by atoms with Crippen molar-refractivity contribution in [3.63, 3.8) is 0 Å². The van der Waals surface area contributed by atoms with E-state index in [9.17, 15) is 14.7 Å². The van der Waals surface area contributed by atoms with Crippen molar-refractivity contribution in [1.82, 2.24) is 4.98 Å². The Kier molecular flexibility index (Phi) is 4.26. The lowest BCUT2D eigenvalue weighted by atomic mass is 9.86. The van der Waals surface area contributed by atoms with Crippen LogP contribution in [0.4, 0.5) is 0 Å². The van der Waals surface area contributed by atoms with Gasteiger partial charge in [0.05, 0.1) is 18.0 Å². The molecule has 0 bridgehead atoms. The maximum absolute atomic E-state index is 12.8. The van der Waals surface area contributed by atoms with E-state index >= 15 is 0 Å². The molecular weight excluding hydrogens is 388 g/mol. The van der Waals surface area contributed by atoms with Gasteiger partial charge in [-0.15, -0.1) is 11.3 Å². The highest BCUT2D eigenvalue weighted by atomic mass is 32.1. The monoisotopic (exact) mass is 410 g/mol. The highest BCUT2D eigenvalue weighted by Gasteiger charge is 2.33. The first-order chi connectivity index (χ1) is 14.0. The summed E-state index contributed by atoms with van der Waals surface area (Å²) in [6, 6.07) is 1.87. The molecule has 7 heteroatoms. The number of benzene rings is 1. The molecule has 1 atom stereocenters. The number of ether oxygens (including phenoxy) is 1. The summed E-state index contributed by atoms with van der Waals surface area (Å²) in [4.78, 5) is 28.6. The number of carboxylic acids is 1. The maximum atomic E-state index is 12.8. The first-order valence-corrected chi connectivity index (χ1v) is 10.7. The molecule has 1 unspecified atom stereocenters. The number of thiophene rings is 1. The molecule has 150 valence electrons. The second kappa shape index (κ2) is 6.71. The Morgan fingerprint density at radius 3 is 2.83 bits per heavy atom. The predicted molar refractivity (Wildman–Crippen MR) is 113 cm³/mol. The Bertz CT molecular complexity index is 1210. The molecule has 3 aromatic rings. The molecule has 0 radical (unpaired) electrons. The minimum atomic E-state index is -1.23. The molecule has 0 aliphatic heterocycles. The van der Waals surface area contributed by atoms with Gasteiger partial charge in [0.25, 0.3) is 0 Å². The minimum Gasteiger partial charge on any atom is -0.494 e. The van der Waals surface area contributed by atoms with Crippen LogP contribution in [0.5, 0.6) is 5.75 Å². The number of aromatic carboxylic acids is 1. The number of methoxy groups -OCH3 is 1. The van der Waals surface area contributed by atoms with Crippen molar-refractivity contribution in [3.8, 4) is 16.9 Å². The van der Waals surface area contributed by atoms with Crippen molar-refractivity contribution >= 4 is 28.2 Å². The molecule has 2 aliphatic rings. The van der Waals surface area contributed by atoms with Gasteiger partial charge in [-0.2, -0.15) is 0 Å². The number of hydrogen-bond acceptors (Lipinski definition) is 5. The van der Waals surface area contributed by atoms with Gasteiger partial charge in [-0.25, -0.2) is 4.79 Å². The fourth-order valence-corrected chi connectivity index (χ4v) is 5.70. The smallest absolute Gasteiger partial charge is 0.341 e. The van der Waals surface area contributed by atoms with E-state index in [4.69, 9.17) is 10.5 Å². The minimum absolute atomic E-state index is 0.000826. The SMILES string of the molecule is COc1c(-c2csc3c2C(N)CCC3)c(C2CC2)cc2c(=O)c(C(=O)O)c[nH]c12. The molecule has 1 aromatic carbocycles. The molecule has 2 aliphatic carbocycles. The number of aryl methyl sites for hydroxylation is 1. The number of rotatable bonds is 4. The Morgan fingerprint density at radius 1 is 1.34 bits per heavy atom. The summed E-state index contributed by atoms with van der Waals surface area (Å²) in [6.45, 7) is 0. The van der Waals surface area contributed by atoms with E-state index in [0.717, 1.165) is 48.8 Å². The summed E-state index contributed by atoms with van der Waals surface area (Å²) in [7, 11) is 1.59. The fourth-order valence-electron chi connectivity index (χ4n) is 4.54. The lowest BCUT2D eigenvalue weighted by molar-refractivity contribution is 0.0695.